The smallest absolute Gasteiger partial charge is 0.294 e. The molecular weight excluding hydrogens is 226 g/mol. The highest BCUT2D eigenvalue weighted by atomic mass is 32.2. The summed E-state index contributed by atoms with van der Waals surface area (Å²) < 4.78 is 30.7. The maximum atomic E-state index is 10.9. The molecule has 0 bridgehead atoms. The Labute approximate surface area is 94.2 Å². The summed E-state index contributed by atoms with van der Waals surface area (Å²) in [5.41, 5.74) is 1.08. The quantitative estimate of drug-likeness (QED) is 0.748. The molecule has 2 aromatic rings. The fourth-order valence-electron chi connectivity index (χ4n) is 1.58. The maximum Gasteiger partial charge on any atom is 0.294 e. The van der Waals surface area contributed by atoms with Gasteiger partial charge in [0.2, 0.25) is 0 Å². The second-order valence-electron chi connectivity index (χ2n) is 3.43. The highest BCUT2D eigenvalue weighted by Gasteiger charge is 2.09. The van der Waals surface area contributed by atoms with E-state index < -0.39 is 10.1 Å². The first-order chi connectivity index (χ1) is 6.98. The van der Waals surface area contributed by atoms with Gasteiger partial charge in [0.05, 0.1) is 4.90 Å². The van der Waals surface area contributed by atoms with Gasteiger partial charge in [0, 0.05) is 0 Å². The zero-order valence-electron chi connectivity index (χ0n) is 8.84. The minimum Gasteiger partial charge on any atom is -0.344 e. The van der Waals surface area contributed by atoms with E-state index in [1.54, 1.807) is 6.07 Å². The van der Waals surface area contributed by atoms with Gasteiger partial charge in [0.25, 0.3) is 10.1 Å². The average molecular weight is 239 g/mol. The average Bonchev–Trinajstić information content (AvgIpc) is 2.16. The molecular formula is C11H13NO3S. The molecule has 0 aliphatic carbocycles. The summed E-state index contributed by atoms with van der Waals surface area (Å²) in [6.45, 7) is 1.95. The predicted molar refractivity (Wildman–Crippen MR) is 63.5 cm³/mol. The highest BCUT2D eigenvalue weighted by Crippen LogP contribution is 2.21. The van der Waals surface area contributed by atoms with E-state index in [0.717, 1.165) is 16.3 Å². The van der Waals surface area contributed by atoms with Gasteiger partial charge in [0.1, 0.15) is 0 Å². The van der Waals surface area contributed by atoms with Crippen molar-refractivity contribution in [1.29, 1.82) is 0 Å². The first-order valence-corrected chi connectivity index (χ1v) is 5.89. The van der Waals surface area contributed by atoms with Crippen molar-refractivity contribution in [2.24, 2.45) is 0 Å². The normalized spacial score (nSPS) is 11.1. The molecule has 0 aromatic heterocycles. The topological polar surface area (TPSA) is 89.4 Å². The van der Waals surface area contributed by atoms with Crippen molar-refractivity contribution in [3.63, 3.8) is 0 Å². The minimum atomic E-state index is -4.11. The van der Waals surface area contributed by atoms with Gasteiger partial charge in [-0.25, -0.2) is 0 Å². The van der Waals surface area contributed by atoms with Gasteiger partial charge in [0.15, 0.2) is 0 Å². The molecule has 2 rings (SSSR count). The highest BCUT2D eigenvalue weighted by molar-refractivity contribution is 7.85. The van der Waals surface area contributed by atoms with Crippen molar-refractivity contribution in [2.45, 2.75) is 11.8 Å². The van der Waals surface area contributed by atoms with E-state index >= 15 is 0 Å². The Hall–Kier alpha value is -1.43. The Kier molecular flexibility index (Phi) is 3.32. The van der Waals surface area contributed by atoms with Crippen molar-refractivity contribution in [3.8, 4) is 0 Å². The lowest BCUT2D eigenvalue weighted by molar-refractivity contribution is 0.483. The first-order valence-electron chi connectivity index (χ1n) is 4.45. The lowest BCUT2D eigenvalue weighted by Gasteiger charge is -2.03. The Morgan fingerprint density at radius 3 is 2.44 bits per heavy atom. The summed E-state index contributed by atoms with van der Waals surface area (Å²) >= 11 is 0. The maximum absolute atomic E-state index is 10.9. The van der Waals surface area contributed by atoms with E-state index in [0.29, 0.717) is 0 Å². The minimum absolute atomic E-state index is 0. The summed E-state index contributed by atoms with van der Waals surface area (Å²) in [4.78, 5) is -0.0689. The summed E-state index contributed by atoms with van der Waals surface area (Å²) in [5, 5.41) is 1.80. The molecule has 0 unspecified atom stereocenters. The van der Waals surface area contributed by atoms with Crippen molar-refractivity contribution >= 4 is 20.9 Å². The van der Waals surface area contributed by atoms with E-state index in [1.165, 1.54) is 12.1 Å². The molecule has 0 aliphatic rings. The van der Waals surface area contributed by atoms with Crippen LogP contribution in [0.3, 0.4) is 0 Å². The lowest BCUT2D eigenvalue weighted by atomic mass is 10.1. The first kappa shape index (κ1) is 12.6. The van der Waals surface area contributed by atoms with E-state index in [4.69, 9.17) is 4.55 Å². The third-order valence-corrected chi connectivity index (χ3v) is 3.22. The molecule has 0 saturated carbocycles. The van der Waals surface area contributed by atoms with E-state index in [-0.39, 0.29) is 11.0 Å². The van der Waals surface area contributed by atoms with Crippen LogP contribution in [0.4, 0.5) is 0 Å². The molecule has 5 heteroatoms. The van der Waals surface area contributed by atoms with Gasteiger partial charge in [-0.15, -0.1) is 0 Å². The number of aryl methyl sites for hydroxylation is 1. The van der Waals surface area contributed by atoms with Gasteiger partial charge >= 0.3 is 0 Å². The monoisotopic (exact) mass is 239 g/mol. The van der Waals surface area contributed by atoms with Gasteiger partial charge in [-0.3, -0.25) is 4.55 Å². The summed E-state index contributed by atoms with van der Waals surface area (Å²) in [7, 11) is -4.11. The molecule has 0 fully saturated rings. The summed E-state index contributed by atoms with van der Waals surface area (Å²) in [6.07, 6.45) is 0. The van der Waals surface area contributed by atoms with E-state index in [2.05, 4.69) is 0 Å². The van der Waals surface area contributed by atoms with Crippen LogP contribution in [0, 0.1) is 6.92 Å². The number of fused-ring (bicyclic) bond motifs is 1. The van der Waals surface area contributed by atoms with Crippen molar-refractivity contribution in [1.82, 2.24) is 6.15 Å². The fourth-order valence-corrected chi connectivity index (χ4v) is 2.10. The number of hydrogen-bond acceptors (Lipinski definition) is 3. The summed E-state index contributed by atoms with van der Waals surface area (Å²) in [6, 6.07) is 10.2. The Morgan fingerprint density at radius 1 is 1.12 bits per heavy atom. The molecule has 0 saturated heterocycles. The molecule has 0 aliphatic heterocycles. The van der Waals surface area contributed by atoms with Gasteiger partial charge in [-0.05, 0) is 35.4 Å². The van der Waals surface area contributed by atoms with Crippen LogP contribution in [0.1, 0.15) is 5.56 Å². The zero-order chi connectivity index (χ0) is 11.1. The molecule has 86 valence electrons. The van der Waals surface area contributed by atoms with Crippen LogP contribution in [-0.4, -0.2) is 13.0 Å². The Morgan fingerprint density at radius 2 is 1.81 bits per heavy atom. The number of hydrogen-bond donors (Lipinski definition) is 2. The second-order valence-corrected chi connectivity index (χ2v) is 4.85. The molecule has 0 atom stereocenters. The van der Waals surface area contributed by atoms with Crippen LogP contribution in [0.15, 0.2) is 41.3 Å². The third kappa shape index (κ3) is 2.21. The molecule has 0 amide bonds. The van der Waals surface area contributed by atoms with Gasteiger partial charge < -0.3 is 6.15 Å². The molecule has 4 nitrogen and oxygen atoms in total. The Bertz CT molecular complexity index is 620. The molecule has 0 heterocycles. The standard InChI is InChI=1S/C11H10O3S.H3N/c1-8-3-2-4-9-7-10(15(12,13)14)5-6-11(8)9;/h2-7H,1H3,(H,12,13,14);1H3. The molecule has 0 radical (unpaired) electrons. The molecule has 4 N–H and O–H groups in total. The predicted octanol–water partition coefficient (Wildman–Crippen LogP) is 2.56. The largest absolute Gasteiger partial charge is 0.344 e. The van der Waals surface area contributed by atoms with Crippen molar-refractivity contribution < 1.29 is 13.0 Å². The fraction of sp³-hybridized carbons (Fsp3) is 0.0909. The summed E-state index contributed by atoms with van der Waals surface area (Å²) in [5.74, 6) is 0. The van der Waals surface area contributed by atoms with E-state index in [9.17, 15) is 8.42 Å². The SMILES string of the molecule is Cc1cccc2cc(S(=O)(=O)O)ccc12.N. The number of benzene rings is 2. The van der Waals surface area contributed by atoms with Crippen LogP contribution in [0.25, 0.3) is 10.8 Å². The second kappa shape index (κ2) is 4.21. The van der Waals surface area contributed by atoms with Crippen LogP contribution in [0.2, 0.25) is 0 Å². The molecule has 16 heavy (non-hydrogen) atoms. The third-order valence-electron chi connectivity index (χ3n) is 2.37. The zero-order valence-corrected chi connectivity index (χ0v) is 9.66. The van der Waals surface area contributed by atoms with Crippen LogP contribution in [-0.2, 0) is 10.1 Å². The molecule has 2 aromatic carbocycles. The van der Waals surface area contributed by atoms with Crippen LogP contribution in [0.5, 0.6) is 0 Å². The lowest BCUT2D eigenvalue weighted by Crippen LogP contribution is -1.97. The van der Waals surface area contributed by atoms with Crippen molar-refractivity contribution in [3.05, 3.63) is 42.0 Å². The van der Waals surface area contributed by atoms with Crippen molar-refractivity contribution in [2.75, 3.05) is 0 Å². The Balaban J connectivity index is 0.00000128. The van der Waals surface area contributed by atoms with E-state index in [1.807, 2.05) is 25.1 Å². The molecule has 0 spiro atoms. The van der Waals surface area contributed by atoms with Gasteiger partial charge in [-0.1, -0.05) is 24.3 Å². The van der Waals surface area contributed by atoms with Gasteiger partial charge in [-0.2, -0.15) is 8.42 Å². The van der Waals surface area contributed by atoms with Crippen LogP contribution < -0.4 is 6.15 Å². The van der Waals surface area contributed by atoms with Crippen LogP contribution >= 0.6 is 0 Å². The number of rotatable bonds is 1.